The molecular formula is C10H14N6. The summed E-state index contributed by atoms with van der Waals surface area (Å²) in [5, 5.41) is 7.42. The van der Waals surface area contributed by atoms with Crippen LogP contribution in [0.25, 0.3) is 0 Å². The molecule has 0 saturated heterocycles. The Bertz CT molecular complexity index is 464. The fourth-order valence-electron chi connectivity index (χ4n) is 1.39. The second-order valence-electron chi connectivity index (χ2n) is 3.48. The van der Waals surface area contributed by atoms with Gasteiger partial charge in [0.1, 0.15) is 6.33 Å². The summed E-state index contributed by atoms with van der Waals surface area (Å²) in [6, 6.07) is 1.99. The second kappa shape index (κ2) is 4.61. The van der Waals surface area contributed by atoms with Crippen molar-refractivity contribution in [2.75, 3.05) is 17.6 Å². The van der Waals surface area contributed by atoms with Crippen LogP contribution in [0.1, 0.15) is 5.69 Å². The number of nitrogens with zero attached hydrogens (tertiary/aromatic N) is 4. The van der Waals surface area contributed by atoms with Crippen molar-refractivity contribution in [1.82, 2.24) is 19.7 Å². The number of aryl methyl sites for hydroxylation is 1. The van der Waals surface area contributed by atoms with Crippen molar-refractivity contribution < 1.29 is 0 Å². The SMILES string of the molecule is Cn1ccc(CCNc2ncncc2N)n1. The number of nitrogens with two attached hydrogens (primary N) is 1. The van der Waals surface area contributed by atoms with Crippen LogP contribution >= 0.6 is 0 Å². The Labute approximate surface area is 93.5 Å². The summed E-state index contributed by atoms with van der Waals surface area (Å²) in [5.74, 6) is 0.672. The highest BCUT2D eigenvalue weighted by molar-refractivity contribution is 5.58. The monoisotopic (exact) mass is 218 g/mol. The number of nitrogen functional groups attached to an aromatic ring is 1. The second-order valence-corrected chi connectivity index (χ2v) is 3.48. The van der Waals surface area contributed by atoms with Gasteiger partial charge in [-0.3, -0.25) is 4.68 Å². The maximum Gasteiger partial charge on any atom is 0.152 e. The van der Waals surface area contributed by atoms with Crippen molar-refractivity contribution >= 4 is 11.5 Å². The van der Waals surface area contributed by atoms with Crippen molar-refractivity contribution in [3.63, 3.8) is 0 Å². The summed E-state index contributed by atoms with van der Waals surface area (Å²) in [7, 11) is 1.90. The molecular weight excluding hydrogens is 204 g/mol. The first kappa shape index (κ1) is 10.4. The van der Waals surface area contributed by atoms with E-state index in [0.717, 1.165) is 18.7 Å². The van der Waals surface area contributed by atoms with E-state index in [1.807, 2.05) is 19.3 Å². The van der Waals surface area contributed by atoms with E-state index in [0.29, 0.717) is 11.5 Å². The highest BCUT2D eigenvalue weighted by Crippen LogP contribution is 2.10. The minimum atomic E-state index is 0.559. The summed E-state index contributed by atoms with van der Waals surface area (Å²) in [4.78, 5) is 7.86. The van der Waals surface area contributed by atoms with Crippen molar-refractivity contribution in [2.45, 2.75) is 6.42 Å². The minimum absolute atomic E-state index is 0.559. The third-order valence-corrected chi connectivity index (χ3v) is 2.18. The van der Waals surface area contributed by atoms with E-state index in [9.17, 15) is 0 Å². The van der Waals surface area contributed by atoms with E-state index in [2.05, 4.69) is 20.4 Å². The molecule has 0 atom stereocenters. The van der Waals surface area contributed by atoms with Crippen molar-refractivity contribution in [2.24, 2.45) is 7.05 Å². The normalized spacial score (nSPS) is 10.3. The Morgan fingerprint density at radius 3 is 3.06 bits per heavy atom. The van der Waals surface area contributed by atoms with Gasteiger partial charge in [0.05, 0.1) is 17.6 Å². The lowest BCUT2D eigenvalue weighted by molar-refractivity contribution is 0.742. The molecule has 0 unspecified atom stereocenters. The lowest BCUT2D eigenvalue weighted by Crippen LogP contribution is -2.09. The van der Waals surface area contributed by atoms with Crippen LogP contribution in [0.4, 0.5) is 11.5 Å². The van der Waals surface area contributed by atoms with Crippen LogP contribution in [-0.2, 0) is 13.5 Å². The molecule has 0 fully saturated rings. The Balaban J connectivity index is 1.87. The molecule has 0 aliphatic heterocycles. The van der Waals surface area contributed by atoms with Crippen LogP contribution in [-0.4, -0.2) is 26.3 Å². The molecule has 0 aliphatic rings. The molecule has 6 heteroatoms. The van der Waals surface area contributed by atoms with Gasteiger partial charge in [0.2, 0.25) is 0 Å². The fourth-order valence-corrected chi connectivity index (χ4v) is 1.39. The van der Waals surface area contributed by atoms with Crippen LogP contribution in [0.5, 0.6) is 0 Å². The average molecular weight is 218 g/mol. The Morgan fingerprint density at radius 2 is 2.38 bits per heavy atom. The van der Waals surface area contributed by atoms with E-state index in [1.54, 1.807) is 10.9 Å². The van der Waals surface area contributed by atoms with E-state index in [-0.39, 0.29) is 0 Å². The van der Waals surface area contributed by atoms with E-state index in [4.69, 9.17) is 5.73 Å². The van der Waals surface area contributed by atoms with Gasteiger partial charge in [-0.05, 0) is 6.07 Å². The molecule has 6 nitrogen and oxygen atoms in total. The molecule has 0 bridgehead atoms. The van der Waals surface area contributed by atoms with Crippen LogP contribution < -0.4 is 11.1 Å². The molecule has 0 aromatic carbocycles. The molecule has 16 heavy (non-hydrogen) atoms. The van der Waals surface area contributed by atoms with Gasteiger partial charge in [-0.1, -0.05) is 0 Å². The predicted molar refractivity (Wildman–Crippen MR) is 61.8 cm³/mol. The number of anilines is 2. The van der Waals surface area contributed by atoms with Gasteiger partial charge in [0.15, 0.2) is 5.82 Å². The Hall–Kier alpha value is -2.11. The van der Waals surface area contributed by atoms with Crippen molar-refractivity contribution in [1.29, 1.82) is 0 Å². The molecule has 0 saturated carbocycles. The van der Waals surface area contributed by atoms with Crippen LogP contribution in [0, 0.1) is 0 Å². The first-order chi connectivity index (χ1) is 7.75. The molecule has 2 heterocycles. The Morgan fingerprint density at radius 1 is 1.50 bits per heavy atom. The van der Waals surface area contributed by atoms with Gasteiger partial charge in [-0.25, -0.2) is 9.97 Å². The molecule has 0 aliphatic carbocycles. The number of hydrogen-bond acceptors (Lipinski definition) is 5. The largest absolute Gasteiger partial charge is 0.394 e. The quantitative estimate of drug-likeness (QED) is 0.778. The van der Waals surface area contributed by atoms with Gasteiger partial charge in [-0.2, -0.15) is 5.10 Å². The number of aromatic nitrogens is 4. The highest BCUT2D eigenvalue weighted by Gasteiger charge is 2.00. The molecule has 3 N–H and O–H groups in total. The summed E-state index contributed by atoms with van der Waals surface area (Å²) < 4.78 is 1.79. The maximum absolute atomic E-state index is 5.70. The number of nitrogens with one attached hydrogen (secondary N) is 1. The lowest BCUT2D eigenvalue weighted by Gasteiger charge is -2.05. The number of rotatable bonds is 4. The zero-order valence-electron chi connectivity index (χ0n) is 9.09. The lowest BCUT2D eigenvalue weighted by atomic mass is 10.3. The smallest absolute Gasteiger partial charge is 0.152 e. The van der Waals surface area contributed by atoms with Crippen LogP contribution in [0.2, 0.25) is 0 Å². The molecule has 0 radical (unpaired) electrons. The topological polar surface area (TPSA) is 81.7 Å². The first-order valence-corrected chi connectivity index (χ1v) is 5.03. The van der Waals surface area contributed by atoms with Crippen LogP contribution in [0.15, 0.2) is 24.8 Å². The zero-order valence-corrected chi connectivity index (χ0v) is 9.09. The van der Waals surface area contributed by atoms with Gasteiger partial charge >= 0.3 is 0 Å². The molecule has 84 valence electrons. The third-order valence-electron chi connectivity index (χ3n) is 2.18. The zero-order chi connectivity index (χ0) is 11.4. The summed E-state index contributed by atoms with van der Waals surface area (Å²) >= 11 is 0. The Kier molecular flexibility index (Phi) is 3.00. The fraction of sp³-hybridized carbons (Fsp3) is 0.300. The molecule has 2 aromatic rings. The van der Waals surface area contributed by atoms with E-state index < -0.39 is 0 Å². The van der Waals surface area contributed by atoms with Crippen molar-refractivity contribution in [3.8, 4) is 0 Å². The number of hydrogen-bond donors (Lipinski definition) is 2. The van der Waals surface area contributed by atoms with Gasteiger partial charge < -0.3 is 11.1 Å². The third kappa shape index (κ3) is 2.47. The average Bonchev–Trinajstić information content (AvgIpc) is 2.67. The van der Waals surface area contributed by atoms with E-state index >= 15 is 0 Å². The summed E-state index contributed by atoms with van der Waals surface area (Å²) in [6.07, 6.45) is 5.81. The van der Waals surface area contributed by atoms with E-state index in [1.165, 1.54) is 6.33 Å². The summed E-state index contributed by atoms with van der Waals surface area (Å²) in [6.45, 7) is 0.748. The molecule has 2 aromatic heterocycles. The standard InChI is InChI=1S/C10H14N6/c1-16-5-3-8(15-16)2-4-13-10-9(11)6-12-7-14-10/h3,5-7H,2,4,11H2,1H3,(H,12,13,14). The molecule has 0 amide bonds. The minimum Gasteiger partial charge on any atom is -0.394 e. The predicted octanol–water partition coefficient (Wildman–Crippen LogP) is 0.447. The van der Waals surface area contributed by atoms with Crippen molar-refractivity contribution in [3.05, 3.63) is 30.5 Å². The van der Waals surface area contributed by atoms with Crippen LogP contribution in [0.3, 0.4) is 0 Å². The van der Waals surface area contributed by atoms with Gasteiger partial charge in [0.25, 0.3) is 0 Å². The summed E-state index contributed by atoms with van der Waals surface area (Å²) in [5.41, 5.74) is 7.30. The van der Waals surface area contributed by atoms with Gasteiger partial charge in [-0.15, -0.1) is 0 Å². The molecule has 0 spiro atoms. The van der Waals surface area contributed by atoms with Gasteiger partial charge in [0, 0.05) is 26.2 Å². The highest BCUT2D eigenvalue weighted by atomic mass is 15.2. The first-order valence-electron chi connectivity index (χ1n) is 5.03. The molecule has 2 rings (SSSR count). The maximum atomic E-state index is 5.70.